The van der Waals surface area contributed by atoms with Gasteiger partial charge in [-0.1, -0.05) is 11.7 Å². The van der Waals surface area contributed by atoms with Crippen LogP contribution in [0.2, 0.25) is 0 Å². The SMILES string of the molecule is C=CC1(O)CCCC(CCCC(C)=NOC)O1. The third-order valence-corrected chi connectivity index (χ3v) is 3.06. The van der Waals surface area contributed by atoms with E-state index < -0.39 is 5.79 Å². The highest BCUT2D eigenvalue weighted by molar-refractivity contribution is 5.81. The first-order valence-electron chi connectivity index (χ1n) is 6.20. The molecule has 1 N–H and O–H groups in total. The normalized spacial score (nSPS) is 30.1. The second kappa shape index (κ2) is 6.77. The van der Waals surface area contributed by atoms with Crippen molar-refractivity contribution in [3.63, 3.8) is 0 Å². The van der Waals surface area contributed by atoms with Gasteiger partial charge in [-0.05, 0) is 45.1 Å². The molecule has 1 saturated heterocycles. The van der Waals surface area contributed by atoms with Crippen LogP contribution in [-0.4, -0.2) is 29.8 Å². The van der Waals surface area contributed by atoms with E-state index in [4.69, 9.17) is 9.57 Å². The van der Waals surface area contributed by atoms with Gasteiger partial charge in [0.2, 0.25) is 0 Å². The molecule has 1 rings (SSSR count). The van der Waals surface area contributed by atoms with Gasteiger partial charge in [0.25, 0.3) is 0 Å². The van der Waals surface area contributed by atoms with Crippen molar-refractivity contribution in [3.8, 4) is 0 Å². The van der Waals surface area contributed by atoms with Crippen LogP contribution in [0, 0.1) is 0 Å². The maximum atomic E-state index is 9.96. The lowest BCUT2D eigenvalue weighted by Gasteiger charge is -2.35. The molecule has 0 aromatic rings. The maximum Gasteiger partial charge on any atom is 0.185 e. The van der Waals surface area contributed by atoms with Gasteiger partial charge in [-0.25, -0.2) is 0 Å². The van der Waals surface area contributed by atoms with Crippen LogP contribution in [0.1, 0.15) is 45.4 Å². The Hall–Kier alpha value is -0.870. The Bertz CT molecular complexity index is 278. The Morgan fingerprint density at radius 1 is 1.71 bits per heavy atom. The molecule has 4 nitrogen and oxygen atoms in total. The van der Waals surface area contributed by atoms with Crippen molar-refractivity contribution in [2.24, 2.45) is 5.16 Å². The van der Waals surface area contributed by atoms with E-state index in [1.807, 2.05) is 6.92 Å². The zero-order valence-corrected chi connectivity index (χ0v) is 10.8. The lowest BCUT2D eigenvalue weighted by molar-refractivity contribution is -0.222. The summed E-state index contributed by atoms with van der Waals surface area (Å²) in [4.78, 5) is 4.70. The van der Waals surface area contributed by atoms with Crippen LogP contribution in [0.5, 0.6) is 0 Å². The van der Waals surface area contributed by atoms with Crippen molar-refractivity contribution in [1.82, 2.24) is 0 Å². The van der Waals surface area contributed by atoms with E-state index in [-0.39, 0.29) is 6.10 Å². The molecule has 98 valence electrons. The number of hydrogen-bond acceptors (Lipinski definition) is 4. The number of rotatable bonds is 6. The first-order valence-corrected chi connectivity index (χ1v) is 6.20. The molecule has 2 atom stereocenters. The van der Waals surface area contributed by atoms with Crippen molar-refractivity contribution < 1.29 is 14.7 Å². The molecular formula is C13H23NO3. The summed E-state index contributed by atoms with van der Waals surface area (Å²) in [5, 5.41) is 13.8. The fraction of sp³-hybridized carbons (Fsp3) is 0.769. The molecule has 0 aliphatic carbocycles. The van der Waals surface area contributed by atoms with Crippen molar-refractivity contribution in [3.05, 3.63) is 12.7 Å². The van der Waals surface area contributed by atoms with Gasteiger partial charge in [0, 0.05) is 6.42 Å². The molecule has 0 amide bonds. The summed E-state index contributed by atoms with van der Waals surface area (Å²) >= 11 is 0. The predicted molar refractivity (Wildman–Crippen MR) is 67.8 cm³/mol. The summed E-state index contributed by atoms with van der Waals surface area (Å²) in [5.41, 5.74) is 0.988. The molecular weight excluding hydrogens is 218 g/mol. The molecule has 1 fully saturated rings. The van der Waals surface area contributed by atoms with Gasteiger partial charge in [0.15, 0.2) is 5.79 Å². The lowest BCUT2D eigenvalue weighted by Crippen LogP contribution is -2.38. The van der Waals surface area contributed by atoms with E-state index in [0.717, 1.165) is 37.8 Å². The van der Waals surface area contributed by atoms with Gasteiger partial charge in [0.1, 0.15) is 7.11 Å². The standard InChI is InChI=1S/C13H23NO3/c1-4-13(15)10-6-9-12(17-13)8-5-7-11(2)14-16-3/h4,12,15H,1,5-10H2,2-3H3. The number of ether oxygens (including phenoxy) is 1. The highest BCUT2D eigenvalue weighted by Crippen LogP contribution is 2.29. The smallest absolute Gasteiger partial charge is 0.185 e. The summed E-state index contributed by atoms with van der Waals surface area (Å²) in [5.74, 6) is -1.11. The quantitative estimate of drug-likeness (QED) is 0.442. The zero-order valence-electron chi connectivity index (χ0n) is 10.8. The van der Waals surface area contributed by atoms with Gasteiger partial charge in [0.05, 0.1) is 11.8 Å². The third kappa shape index (κ3) is 4.88. The average Bonchev–Trinajstić information content (AvgIpc) is 2.30. The molecule has 1 heterocycles. The van der Waals surface area contributed by atoms with Crippen LogP contribution in [-0.2, 0) is 9.57 Å². The Balaban J connectivity index is 2.28. The fourth-order valence-electron chi connectivity index (χ4n) is 2.13. The maximum absolute atomic E-state index is 9.96. The molecule has 2 unspecified atom stereocenters. The Morgan fingerprint density at radius 2 is 2.47 bits per heavy atom. The van der Waals surface area contributed by atoms with E-state index in [1.165, 1.54) is 6.08 Å². The average molecular weight is 241 g/mol. The first kappa shape index (κ1) is 14.2. The molecule has 0 aromatic carbocycles. The number of aliphatic hydroxyl groups is 1. The predicted octanol–water partition coefficient (Wildman–Crippen LogP) is 2.62. The van der Waals surface area contributed by atoms with Crippen molar-refractivity contribution in [2.75, 3.05) is 7.11 Å². The first-order chi connectivity index (χ1) is 8.09. The molecule has 1 aliphatic heterocycles. The molecule has 0 bridgehead atoms. The minimum absolute atomic E-state index is 0.127. The van der Waals surface area contributed by atoms with Gasteiger partial charge in [-0.3, -0.25) is 0 Å². The molecule has 0 saturated carbocycles. The van der Waals surface area contributed by atoms with Crippen LogP contribution >= 0.6 is 0 Å². The number of nitrogens with zero attached hydrogens (tertiary/aromatic N) is 1. The summed E-state index contributed by atoms with van der Waals surface area (Å²) in [7, 11) is 1.55. The number of oxime groups is 1. The molecule has 0 spiro atoms. The second-order valence-electron chi connectivity index (χ2n) is 4.58. The highest BCUT2D eigenvalue weighted by atomic mass is 16.6. The molecule has 4 heteroatoms. The van der Waals surface area contributed by atoms with Gasteiger partial charge in [-0.2, -0.15) is 0 Å². The lowest BCUT2D eigenvalue weighted by atomic mass is 9.97. The third-order valence-electron chi connectivity index (χ3n) is 3.06. The van der Waals surface area contributed by atoms with Crippen molar-refractivity contribution in [2.45, 2.75) is 57.3 Å². The van der Waals surface area contributed by atoms with E-state index in [9.17, 15) is 5.11 Å². The summed E-state index contributed by atoms with van der Waals surface area (Å²) in [6.45, 7) is 5.56. The summed E-state index contributed by atoms with van der Waals surface area (Å²) in [6, 6.07) is 0. The monoisotopic (exact) mass is 241 g/mol. The Morgan fingerprint density at radius 3 is 3.12 bits per heavy atom. The molecule has 0 radical (unpaired) electrons. The minimum atomic E-state index is -1.11. The van der Waals surface area contributed by atoms with Crippen molar-refractivity contribution >= 4 is 5.71 Å². The van der Waals surface area contributed by atoms with Crippen LogP contribution < -0.4 is 0 Å². The van der Waals surface area contributed by atoms with Gasteiger partial charge >= 0.3 is 0 Å². The van der Waals surface area contributed by atoms with E-state index in [2.05, 4.69) is 11.7 Å². The molecule has 0 aromatic heterocycles. The van der Waals surface area contributed by atoms with Crippen LogP contribution in [0.3, 0.4) is 0 Å². The highest BCUT2D eigenvalue weighted by Gasteiger charge is 2.31. The summed E-state index contributed by atoms with van der Waals surface area (Å²) < 4.78 is 5.63. The van der Waals surface area contributed by atoms with Gasteiger partial charge < -0.3 is 14.7 Å². The van der Waals surface area contributed by atoms with Crippen molar-refractivity contribution in [1.29, 1.82) is 0 Å². The Labute approximate surface area is 103 Å². The van der Waals surface area contributed by atoms with Crippen LogP contribution in [0.15, 0.2) is 17.8 Å². The minimum Gasteiger partial charge on any atom is -0.399 e. The van der Waals surface area contributed by atoms with E-state index in [0.29, 0.717) is 6.42 Å². The summed E-state index contributed by atoms with van der Waals surface area (Å²) in [6.07, 6.45) is 7.11. The van der Waals surface area contributed by atoms with Crippen LogP contribution in [0.4, 0.5) is 0 Å². The van der Waals surface area contributed by atoms with Crippen LogP contribution in [0.25, 0.3) is 0 Å². The van der Waals surface area contributed by atoms with E-state index in [1.54, 1.807) is 7.11 Å². The molecule has 17 heavy (non-hydrogen) atoms. The van der Waals surface area contributed by atoms with Gasteiger partial charge in [-0.15, -0.1) is 0 Å². The molecule has 1 aliphatic rings. The van der Waals surface area contributed by atoms with E-state index >= 15 is 0 Å². The fourth-order valence-corrected chi connectivity index (χ4v) is 2.13. The number of hydrogen-bond donors (Lipinski definition) is 1. The zero-order chi connectivity index (χ0) is 12.7. The second-order valence-corrected chi connectivity index (χ2v) is 4.58. The largest absolute Gasteiger partial charge is 0.399 e. The topological polar surface area (TPSA) is 51.1 Å². The Kier molecular flexibility index (Phi) is 5.65.